The second-order valence-electron chi connectivity index (χ2n) is 7.91. The molecule has 0 bridgehead atoms. The minimum absolute atomic E-state index is 0.146. The van der Waals surface area contributed by atoms with Gasteiger partial charge in [0.1, 0.15) is 11.8 Å². The summed E-state index contributed by atoms with van der Waals surface area (Å²) in [7, 11) is 1.61. The summed E-state index contributed by atoms with van der Waals surface area (Å²) in [6.45, 7) is 4.30. The third kappa shape index (κ3) is 7.22. The van der Waals surface area contributed by atoms with E-state index in [0.29, 0.717) is 18.0 Å². The maximum atomic E-state index is 13.6. The van der Waals surface area contributed by atoms with E-state index >= 15 is 0 Å². The first-order chi connectivity index (χ1) is 16.5. The highest BCUT2D eigenvalue weighted by atomic mass is 35.5. The molecule has 3 aromatic rings. The van der Waals surface area contributed by atoms with E-state index in [2.05, 4.69) is 11.9 Å². The zero-order chi connectivity index (χ0) is 24.3. The van der Waals surface area contributed by atoms with Crippen LogP contribution in [0.3, 0.4) is 0 Å². The van der Waals surface area contributed by atoms with Crippen LogP contribution in [0, 0.1) is 0 Å². The monoisotopic (exact) mass is 476 g/mol. The highest BCUT2D eigenvalue weighted by Crippen LogP contribution is 2.19. The molecule has 0 unspecified atom stereocenters. The maximum absolute atomic E-state index is 13.6. The van der Waals surface area contributed by atoms with Crippen molar-refractivity contribution in [1.29, 1.82) is 0 Å². The van der Waals surface area contributed by atoms with Crippen LogP contribution in [0.25, 0.3) is 0 Å². The predicted molar refractivity (Wildman–Crippen MR) is 136 cm³/mol. The van der Waals surface area contributed by atoms with Crippen LogP contribution >= 0.6 is 11.6 Å². The molecule has 0 aliphatic rings. The van der Waals surface area contributed by atoms with Gasteiger partial charge in [-0.25, -0.2) is 0 Å². The Kier molecular flexibility index (Phi) is 9.30. The first-order valence-corrected chi connectivity index (χ1v) is 11.5. The number of rotatable bonds is 11. The van der Waals surface area contributed by atoms with Gasteiger partial charge in [-0.15, -0.1) is 6.58 Å². The summed E-state index contributed by atoms with van der Waals surface area (Å²) in [6.07, 6.45) is 2.18. The number of carbonyl (C=O) groups is 2. The Morgan fingerprint density at radius 2 is 1.62 bits per heavy atom. The molecule has 0 radical (unpaired) electrons. The van der Waals surface area contributed by atoms with Crippen LogP contribution in [-0.4, -0.2) is 36.4 Å². The second kappa shape index (κ2) is 12.6. The van der Waals surface area contributed by atoms with Gasteiger partial charge in [-0.05, 0) is 41.0 Å². The molecule has 5 nitrogen and oxygen atoms in total. The van der Waals surface area contributed by atoms with Gasteiger partial charge in [0.2, 0.25) is 11.8 Å². The summed E-state index contributed by atoms with van der Waals surface area (Å²) in [6, 6.07) is 23.7. The number of halogens is 1. The van der Waals surface area contributed by atoms with Crippen molar-refractivity contribution >= 4 is 23.4 Å². The first-order valence-electron chi connectivity index (χ1n) is 11.1. The fourth-order valence-electron chi connectivity index (χ4n) is 3.65. The molecule has 1 atom stereocenters. The second-order valence-corrected chi connectivity index (χ2v) is 8.35. The van der Waals surface area contributed by atoms with Gasteiger partial charge in [0, 0.05) is 24.5 Å². The zero-order valence-electron chi connectivity index (χ0n) is 19.2. The number of amides is 2. The van der Waals surface area contributed by atoms with Gasteiger partial charge in [-0.2, -0.15) is 0 Å². The van der Waals surface area contributed by atoms with Crippen LogP contribution in [0.4, 0.5) is 0 Å². The van der Waals surface area contributed by atoms with Crippen molar-refractivity contribution in [3.8, 4) is 5.75 Å². The molecule has 3 aromatic carbocycles. The van der Waals surface area contributed by atoms with E-state index in [1.54, 1.807) is 30.2 Å². The number of hydrogen-bond acceptors (Lipinski definition) is 3. The molecular formula is C28H29ClN2O3. The van der Waals surface area contributed by atoms with E-state index in [1.165, 1.54) is 0 Å². The Bertz CT molecular complexity index is 1080. The molecule has 0 aliphatic carbocycles. The smallest absolute Gasteiger partial charge is 0.243 e. The molecule has 0 fully saturated rings. The van der Waals surface area contributed by atoms with Gasteiger partial charge >= 0.3 is 0 Å². The Morgan fingerprint density at radius 3 is 2.24 bits per heavy atom. The van der Waals surface area contributed by atoms with Crippen molar-refractivity contribution in [3.05, 3.63) is 113 Å². The summed E-state index contributed by atoms with van der Waals surface area (Å²) in [5.41, 5.74) is 2.71. The van der Waals surface area contributed by atoms with Crippen LogP contribution in [0.15, 0.2) is 91.5 Å². The summed E-state index contributed by atoms with van der Waals surface area (Å²) in [4.78, 5) is 28.5. The predicted octanol–water partition coefficient (Wildman–Crippen LogP) is 4.83. The van der Waals surface area contributed by atoms with E-state index in [4.69, 9.17) is 16.3 Å². The molecule has 34 heavy (non-hydrogen) atoms. The lowest BCUT2D eigenvalue weighted by atomic mass is 10.0. The van der Waals surface area contributed by atoms with Crippen molar-refractivity contribution in [2.24, 2.45) is 0 Å². The molecule has 176 valence electrons. The van der Waals surface area contributed by atoms with E-state index < -0.39 is 6.04 Å². The van der Waals surface area contributed by atoms with Crippen molar-refractivity contribution in [2.45, 2.75) is 25.4 Å². The quantitative estimate of drug-likeness (QED) is 0.403. The highest BCUT2D eigenvalue weighted by molar-refractivity contribution is 6.30. The van der Waals surface area contributed by atoms with Crippen molar-refractivity contribution in [2.75, 3.05) is 13.7 Å². The number of ether oxygens (including phenoxy) is 1. The molecule has 3 rings (SSSR count). The molecule has 0 aliphatic heterocycles. The number of benzene rings is 3. The average molecular weight is 477 g/mol. The molecule has 0 saturated heterocycles. The Morgan fingerprint density at radius 1 is 0.971 bits per heavy atom. The summed E-state index contributed by atoms with van der Waals surface area (Å²) in [5, 5.41) is 3.48. The van der Waals surface area contributed by atoms with Gasteiger partial charge in [-0.1, -0.05) is 72.3 Å². The molecule has 0 heterocycles. The molecule has 0 aromatic heterocycles. The van der Waals surface area contributed by atoms with E-state index in [1.807, 2.05) is 66.7 Å². The highest BCUT2D eigenvalue weighted by Gasteiger charge is 2.30. The fraction of sp³-hybridized carbons (Fsp3) is 0.214. The average Bonchev–Trinajstić information content (AvgIpc) is 2.87. The van der Waals surface area contributed by atoms with Crippen LogP contribution in [0.2, 0.25) is 5.02 Å². The van der Waals surface area contributed by atoms with Crippen LogP contribution in [0.1, 0.15) is 16.7 Å². The lowest BCUT2D eigenvalue weighted by molar-refractivity contribution is -0.140. The Hall–Kier alpha value is -3.57. The normalized spacial score (nSPS) is 11.4. The topological polar surface area (TPSA) is 58.6 Å². The fourth-order valence-corrected chi connectivity index (χ4v) is 3.78. The number of methoxy groups -OCH3 is 1. The largest absolute Gasteiger partial charge is 0.497 e. The standard InChI is InChI=1S/C28H29ClN2O3/c1-3-17-30-28(33)26(18-21-7-5-4-6-8-21)31(20-23-11-15-25(34-2)16-12-23)27(32)19-22-9-13-24(29)14-10-22/h3-16,26H,1,17-20H2,2H3,(H,30,33)/t26-/m1/s1. The lowest BCUT2D eigenvalue weighted by Gasteiger charge is -2.31. The van der Waals surface area contributed by atoms with Crippen LogP contribution in [-0.2, 0) is 29.0 Å². The third-order valence-electron chi connectivity index (χ3n) is 5.47. The van der Waals surface area contributed by atoms with Crippen LogP contribution < -0.4 is 10.1 Å². The van der Waals surface area contributed by atoms with E-state index in [9.17, 15) is 9.59 Å². The molecular weight excluding hydrogens is 448 g/mol. The van der Waals surface area contributed by atoms with Gasteiger partial charge < -0.3 is 15.0 Å². The minimum atomic E-state index is -0.691. The molecule has 0 saturated carbocycles. The van der Waals surface area contributed by atoms with Crippen molar-refractivity contribution in [1.82, 2.24) is 10.2 Å². The van der Waals surface area contributed by atoms with E-state index in [-0.39, 0.29) is 24.8 Å². The summed E-state index contributed by atoms with van der Waals surface area (Å²) in [5.74, 6) is 0.363. The first kappa shape index (κ1) is 25.1. The molecule has 6 heteroatoms. The number of nitrogens with zero attached hydrogens (tertiary/aromatic N) is 1. The van der Waals surface area contributed by atoms with Gasteiger partial charge in [0.05, 0.1) is 13.5 Å². The summed E-state index contributed by atoms with van der Waals surface area (Å²) < 4.78 is 5.25. The van der Waals surface area contributed by atoms with Crippen molar-refractivity contribution in [3.63, 3.8) is 0 Å². The lowest BCUT2D eigenvalue weighted by Crippen LogP contribution is -2.51. The Labute approximate surface area is 206 Å². The number of carbonyl (C=O) groups excluding carboxylic acids is 2. The molecule has 2 amide bonds. The molecule has 1 N–H and O–H groups in total. The Balaban J connectivity index is 1.94. The van der Waals surface area contributed by atoms with E-state index in [0.717, 1.165) is 22.4 Å². The van der Waals surface area contributed by atoms with Gasteiger partial charge in [0.15, 0.2) is 0 Å². The van der Waals surface area contributed by atoms with Gasteiger partial charge in [-0.3, -0.25) is 9.59 Å². The minimum Gasteiger partial charge on any atom is -0.497 e. The third-order valence-corrected chi connectivity index (χ3v) is 5.72. The molecule has 0 spiro atoms. The zero-order valence-corrected chi connectivity index (χ0v) is 20.0. The van der Waals surface area contributed by atoms with Crippen molar-refractivity contribution < 1.29 is 14.3 Å². The SMILES string of the molecule is C=CCNC(=O)[C@@H](Cc1ccccc1)N(Cc1ccc(OC)cc1)C(=O)Cc1ccc(Cl)cc1. The van der Waals surface area contributed by atoms with Crippen LogP contribution in [0.5, 0.6) is 5.75 Å². The van der Waals surface area contributed by atoms with Gasteiger partial charge in [0.25, 0.3) is 0 Å². The summed E-state index contributed by atoms with van der Waals surface area (Å²) >= 11 is 6.01. The number of nitrogens with one attached hydrogen (secondary N) is 1. The number of hydrogen-bond donors (Lipinski definition) is 1. The maximum Gasteiger partial charge on any atom is 0.243 e.